The van der Waals surface area contributed by atoms with E-state index in [4.69, 9.17) is 51.1 Å². The lowest BCUT2D eigenvalue weighted by Crippen LogP contribution is -2.05. The predicted molar refractivity (Wildman–Crippen MR) is 111 cm³/mol. The smallest absolute Gasteiger partial charge is 0.131 e. The Morgan fingerprint density at radius 3 is 2.41 bits per heavy atom. The molecule has 0 atom stereocenters. The molecule has 0 bridgehead atoms. The van der Waals surface area contributed by atoms with Gasteiger partial charge in [0.2, 0.25) is 0 Å². The van der Waals surface area contributed by atoms with Crippen molar-refractivity contribution in [3.8, 4) is 5.75 Å². The van der Waals surface area contributed by atoms with Crippen LogP contribution in [-0.2, 0) is 13.2 Å². The van der Waals surface area contributed by atoms with Crippen molar-refractivity contribution < 1.29 is 9.13 Å². The maximum atomic E-state index is 13.9. The van der Waals surface area contributed by atoms with Gasteiger partial charge in [0.05, 0.1) is 15.1 Å². The topological polar surface area (TPSA) is 21.3 Å². The lowest BCUT2D eigenvalue weighted by molar-refractivity contribution is 0.297. The van der Waals surface area contributed by atoms with Gasteiger partial charge < -0.3 is 10.1 Å². The first-order chi connectivity index (χ1) is 12.9. The van der Waals surface area contributed by atoms with Crippen molar-refractivity contribution in [3.63, 3.8) is 0 Å². The van der Waals surface area contributed by atoms with E-state index in [0.717, 1.165) is 11.3 Å². The summed E-state index contributed by atoms with van der Waals surface area (Å²) < 4.78 is 19.7. The van der Waals surface area contributed by atoms with Crippen LogP contribution in [0.1, 0.15) is 11.1 Å². The summed E-state index contributed by atoms with van der Waals surface area (Å²) in [7, 11) is 0. The van der Waals surface area contributed by atoms with E-state index in [-0.39, 0.29) is 6.61 Å². The van der Waals surface area contributed by atoms with Gasteiger partial charge in [-0.2, -0.15) is 0 Å². The van der Waals surface area contributed by atoms with E-state index >= 15 is 0 Å². The number of halogens is 5. The van der Waals surface area contributed by atoms with Gasteiger partial charge >= 0.3 is 0 Å². The van der Waals surface area contributed by atoms with Crippen LogP contribution in [-0.4, -0.2) is 0 Å². The van der Waals surface area contributed by atoms with Gasteiger partial charge in [-0.3, -0.25) is 0 Å². The molecule has 3 aromatic carbocycles. The molecule has 0 saturated carbocycles. The Hall–Kier alpha value is -1.65. The fraction of sp³-hybridized carbons (Fsp3) is 0.100. The summed E-state index contributed by atoms with van der Waals surface area (Å²) in [5, 5.41) is 5.06. The minimum absolute atomic E-state index is 0.00686. The average Bonchev–Trinajstić information content (AvgIpc) is 2.63. The normalized spacial score (nSPS) is 10.7. The van der Waals surface area contributed by atoms with Gasteiger partial charge in [0.25, 0.3) is 0 Å². The standard InChI is InChI=1S/C20H14Cl4FNO/c21-13-4-7-20(27-11-15-16(22)2-1-3-19(15)25)12(8-13)10-26-14-5-6-17(23)18(24)9-14/h1-9,26H,10-11H2. The summed E-state index contributed by atoms with van der Waals surface area (Å²) in [4.78, 5) is 0. The van der Waals surface area contributed by atoms with Crippen LogP contribution in [0.4, 0.5) is 10.1 Å². The Morgan fingerprint density at radius 2 is 1.67 bits per heavy atom. The van der Waals surface area contributed by atoms with Gasteiger partial charge in [-0.15, -0.1) is 0 Å². The third kappa shape index (κ3) is 5.20. The number of hydrogen-bond acceptors (Lipinski definition) is 2. The van der Waals surface area contributed by atoms with E-state index in [1.54, 1.807) is 42.5 Å². The molecule has 0 heterocycles. The largest absolute Gasteiger partial charge is 0.488 e. The molecule has 0 aliphatic carbocycles. The first-order valence-corrected chi connectivity index (χ1v) is 9.48. The molecule has 3 aromatic rings. The second-order valence-corrected chi connectivity index (χ2v) is 7.38. The molecule has 27 heavy (non-hydrogen) atoms. The first kappa shape index (κ1) is 20.1. The third-order valence-electron chi connectivity index (χ3n) is 3.86. The number of hydrogen-bond donors (Lipinski definition) is 1. The lowest BCUT2D eigenvalue weighted by Gasteiger charge is -2.14. The molecule has 0 saturated heterocycles. The Morgan fingerprint density at radius 1 is 0.852 bits per heavy atom. The molecular weight excluding hydrogens is 431 g/mol. The zero-order valence-corrected chi connectivity index (χ0v) is 16.9. The van der Waals surface area contributed by atoms with E-state index < -0.39 is 5.82 Å². The Bertz CT molecular complexity index is 944. The van der Waals surface area contributed by atoms with E-state index in [1.165, 1.54) is 6.07 Å². The van der Waals surface area contributed by atoms with Crippen LogP contribution in [0, 0.1) is 5.82 Å². The van der Waals surface area contributed by atoms with Crippen LogP contribution in [0.5, 0.6) is 5.75 Å². The predicted octanol–water partition coefficient (Wildman–Crippen LogP) is 7.63. The summed E-state index contributed by atoms with van der Waals surface area (Å²) in [6.07, 6.45) is 0. The number of nitrogens with one attached hydrogen (secondary N) is 1. The number of anilines is 1. The van der Waals surface area contributed by atoms with Crippen molar-refractivity contribution in [1.82, 2.24) is 0 Å². The zero-order chi connectivity index (χ0) is 19.4. The molecule has 140 valence electrons. The van der Waals surface area contributed by atoms with Crippen molar-refractivity contribution in [2.45, 2.75) is 13.2 Å². The number of benzene rings is 3. The number of rotatable bonds is 6. The van der Waals surface area contributed by atoms with Crippen LogP contribution in [0.2, 0.25) is 20.1 Å². The molecule has 3 rings (SSSR count). The average molecular weight is 445 g/mol. The second-order valence-electron chi connectivity index (χ2n) is 5.72. The van der Waals surface area contributed by atoms with Gasteiger partial charge in [-0.25, -0.2) is 4.39 Å². The third-order valence-corrected chi connectivity index (χ3v) is 5.19. The van der Waals surface area contributed by atoms with Crippen LogP contribution >= 0.6 is 46.4 Å². The minimum atomic E-state index is -0.410. The van der Waals surface area contributed by atoms with Crippen molar-refractivity contribution in [2.75, 3.05) is 5.32 Å². The highest BCUT2D eigenvalue weighted by Crippen LogP contribution is 2.29. The molecular formula is C20H14Cl4FNO. The molecule has 0 radical (unpaired) electrons. The van der Waals surface area contributed by atoms with Gasteiger partial charge in [0.15, 0.2) is 0 Å². The van der Waals surface area contributed by atoms with E-state index in [9.17, 15) is 4.39 Å². The number of ether oxygens (including phenoxy) is 1. The fourth-order valence-electron chi connectivity index (χ4n) is 2.45. The molecule has 0 aliphatic rings. The van der Waals surface area contributed by atoms with Crippen LogP contribution < -0.4 is 10.1 Å². The van der Waals surface area contributed by atoms with Crippen LogP contribution in [0.15, 0.2) is 54.6 Å². The maximum Gasteiger partial charge on any atom is 0.131 e. The van der Waals surface area contributed by atoms with Gasteiger partial charge in [0.1, 0.15) is 18.2 Å². The molecule has 0 amide bonds. The van der Waals surface area contributed by atoms with Crippen LogP contribution in [0.25, 0.3) is 0 Å². The van der Waals surface area contributed by atoms with Crippen LogP contribution in [0.3, 0.4) is 0 Å². The van der Waals surface area contributed by atoms with Gasteiger partial charge in [-0.05, 0) is 48.5 Å². The fourth-order valence-corrected chi connectivity index (χ4v) is 3.16. The summed E-state index contributed by atoms with van der Waals surface area (Å²) in [6, 6.07) is 15.0. The maximum absolute atomic E-state index is 13.9. The highest BCUT2D eigenvalue weighted by Gasteiger charge is 2.11. The molecule has 2 nitrogen and oxygen atoms in total. The van der Waals surface area contributed by atoms with Crippen molar-refractivity contribution in [3.05, 3.63) is 91.6 Å². The second kappa shape index (κ2) is 9.03. The molecule has 7 heteroatoms. The Balaban J connectivity index is 1.75. The Labute approximate surface area is 176 Å². The summed E-state index contributed by atoms with van der Waals surface area (Å²) in [5.74, 6) is 0.165. The van der Waals surface area contributed by atoms with E-state index in [0.29, 0.717) is 37.9 Å². The van der Waals surface area contributed by atoms with E-state index in [2.05, 4.69) is 5.32 Å². The molecule has 0 aromatic heterocycles. The molecule has 0 aliphatic heterocycles. The summed E-state index contributed by atoms with van der Waals surface area (Å²) >= 11 is 24.1. The molecule has 0 fully saturated rings. The van der Waals surface area contributed by atoms with Gasteiger partial charge in [-0.1, -0.05) is 52.5 Å². The minimum Gasteiger partial charge on any atom is -0.488 e. The van der Waals surface area contributed by atoms with Crippen molar-refractivity contribution in [2.24, 2.45) is 0 Å². The van der Waals surface area contributed by atoms with Gasteiger partial charge in [0, 0.05) is 28.4 Å². The first-order valence-electron chi connectivity index (χ1n) is 7.97. The lowest BCUT2D eigenvalue weighted by atomic mass is 10.2. The molecule has 0 unspecified atom stereocenters. The van der Waals surface area contributed by atoms with Crippen molar-refractivity contribution >= 4 is 52.1 Å². The van der Waals surface area contributed by atoms with Crippen molar-refractivity contribution in [1.29, 1.82) is 0 Å². The van der Waals surface area contributed by atoms with E-state index in [1.807, 2.05) is 6.07 Å². The highest BCUT2D eigenvalue weighted by atomic mass is 35.5. The summed E-state index contributed by atoms with van der Waals surface area (Å²) in [6.45, 7) is 0.436. The zero-order valence-electron chi connectivity index (χ0n) is 13.9. The monoisotopic (exact) mass is 443 g/mol. The summed E-state index contributed by atoms with van der Waals surface area (Å²) in [5.41, 5.74) is 1.91. The SMILES string of the molecule is Fc1cccc(Cl)c1COc1ccc(Cl)cc1CNc1ccc(Cl)c(Cl)c1. The highest BCUT2D eigenvalue weighted by molar-refractivity contribution is 6.42. The Kier molecular flexibility index (Phi) is 6.72. The molecule has 1 N–H and O–H groups in total. The molecule has 0 spiro atoms. The quantitative estimate of drug-likeness (QED) is 0.421.